The van der Waals surface area contributed by atoms with E-state index in [1.165, 1.54) is 180 Å². The second kappa shape index (κ2) is 65.7. The summed E-state index contributed by atoms with van der Waals surface area (Å²) in [6.07, 6.45) is 51.4. The van der Waals surface area contributed by atoms with E-state index in [1.807, 2.05) is 0 Å². The van der Waals surface area contributed by atoms with Crippen molar-refractivity contribution >= 4 is 39.5 Å². The Hall–Kier alpha value is -1.94. The Morgan fingerprint density at radius 2 is 0.543 bits per heavy atom. The Kier molecular flexibility index (Phi) is 64.3. The van der Waals surface area contributed by atoms with Crippen LogP contribution in [-0.4, -0.2) is 96.7 Å². The molecule has 17 nitrogen and oxygen atoms in total. The number of esters is 4. The maximum atomic E-state index is 13.1. The Morgan fingerprint density at radius 3 is 0.809 bits per heavy atom. The third kappa shape index (κ3) is 67.3. The molecule has 0 aromatic carbocycles. The molecule has 0 saturated heterocycles. The fourth-order valence-electron chi connectivity index (χ4n) is 11.4. The van der Waals surface area contributed by atoms with Gasteiger partial charge in [0.25, 0.3) is 0 Å². The normalized spacial score (nSPS) is 14.4. The van der Waals surface area contributed by atoms with Crippen molar-refractivity contribution in [3.05, 3.63) is 0 Å². The molecular weight excluding hydrogens is 1230 g/mol. The van der Waals surface area contributed by atoms with Gasteiger partial charge in [-0.15, -0.1) is 0 Å². The van der Waals surface area contributed by atoms with Gasteiger partial charge in [-0.05, 0) is 43.4 Å². The lowest BCUT2D eigenvalue weighted by molar-refractivity contribution is -0.161. The molecule has 0 amide bonds. The zero-order chi connectivity index (χ0) is 69.4. The van der Waals surface area contributed by atoms with Crippen LogP contribution in [0.4, 0.5) is 0 Å². The topological polar surface area (TPSA) is 237 Å². The Morgan fingerprint density at radius 1 is 0.309 bits per heavy atom. The van der Waals surface area contributed by atoms with Gasteiger partial charge in [0.2, 0.25) is 0 Å². The van der Waals surface area contributed by atoms with Gasteiger partial charge in [-0.3, -0.25) is 37.3 Å². The van der Waals surface area contributed by atoms with Crippen molar-refractivity contribution < 1.29 is 80.2 Å². The highest BCUT2D eigenvalue weighted by Gasteiger charge is 2.30. The van der Waals surface area contributed by atoms with Crippen molar-refractivity contribution in [3.63, 3.8) is 0 Å². The number of phosphoric acid groups is 2. The van der Waals surface area contributed by atoms with Gasteiger partial charge in [-0.25, -0.2) is 9.13 Å². The third-order valence-corrected chi connectivity index (χ3v) is 19.6. The molecule has 0 aromatic heterocycles. The van der Waals surface area contributed by atoms with E-state index in [0.717, 1.165) is 120 Å². The first-order chi connectivity index (χ1) is 45.3. The summed E-state index contributed by atoms with van der Waals surface area (Å²) in [5.41, 5.74) is 0. The Labute approximate surface area is 575 Å². The molecule has 0 fully saturated rings. The van der Waals surface area contributed by atoms with Crippen molar-refractivity contribution in [2.24, 2.45) is 17.8 Å². The molecule has 19 heteroatoms. The summed E-state index contributed by atoms with van der Waals surface area (Å²) in [5, 5.41) is 10.6. The zero-order valence-electron chi connectivity index (χ0n) is 61.4. The minimum absolute atomic E-state index is 0.104. The molecule has 0 aromatic rings. The van der Waals surface area contributed by atoms with Crippen LogP contribution in [0, 0.1) is 17.8 Å². The van der Waals surface area contributed by atoms with Gasteiger partial charge in [0.05, 0.1) is 26.4 Å². The van der Waals surface area contributed by atoms with E-state index in [1.54, 1.807) is 0 Å². The highest BCUT2D eigenvalue weighted by Crippen LogP contribution is 2.45. The molecule has 0 aliphatic heterocycles. The van der Waals surface area contributed by atoms with Crippen LogP contribution in [-0.2, 0) is 65.4 Å². The maximum absolute atomic E-state index is 13.1. The van der Waals surface area contributed by atoms with Gasteiger partial charge in [0.15, 0.2) is 12.2 Å². The number of hydrogen-bond acceptors (Lipinski definition) is 15. The lowest BCUT2D eigenvalue weighted by Crippen LogP contribution is -2.30. The number of rotatable bonds is 73. The number of carbonyl (C=O) groups excluding carboxylic acids is 4. The average molecular weight is 1380 g/mol. The monoisotopic (exact) mass is 1380 g/mol. The van der Waals surface area contributed by atoms with Crippen molar-refractivity contribution in [2.75, 3.05) is 39.6 Å². The zero-order valence-corrected chi connectivity index (χ0v) is 63.2. The van der Waals surface area contributed by atoms with Gasteiger partial charge in [-0.2, -0.15) is 0 Å². The summed E-state index contributed by atoms with van der Waals surface area (Å²) in [7, 11) is -9.90. The molecule has 94 heavy (non-hydrogen) atoms. The SMILES string of the molecule is CCCCCCCCCC(=O)OC[C@H](COP(=O)(O)OC[C@H](O)COP(=O)(O)OC[C@@H](COC(=O)CCCCCCCCCCCCCCCC(C)C)OC(=O)CCCCCCCCCCCCCCCCCCC(C)C)OC(=O)CCCCCCCCCCC(C)CC. The summed E-state index contributed by atoms with van der Waals surface area (Å²) in [5.74, 6) is 0.246. The van der Waals surface area contributed by atoms with Crippen molar-refractivity contribution in [1.82, 2.24) is 0 Å². The first-order valence-electron chi connectivity index (χ1n) is 38.9. The molecule has 0 aliphatic carbocycles. The fourth-order valence-corrected chi connectivity index (χ4v) is 13.0. The van der Waals surface area contributed by atoms with Gasteiger partial charge in [0, 0.05) is 25.7 Å². The molecule has 0 bridgehead atoms. The molecule has 0 rings (SSSR count). The molecule has 3 N–H and O–H groups in total. The second-order valence-corrected chi connectivity index (χ2v) is 31.1. The number of phosphoric ester groups is 2. The Balaban J connectivity index is 5.20. The van der Waals surface area contributed by atoms with Crippen LogP contribution in [0.15, 0.2) is 0 Å². The smallest absolute Gasteiger partial charge is 0.462 e. The summed E-state index contributed by atoms with van der Waals surface area (Å²) < 4.78 is 68.4. The number of hydrogen-bond donors (Lipinski definition) is 3. The van der Waals surface area contributed by atoms with Gasteiger partial charge < -0.3 is 33.8 Å². The number of ether oxygens (including phenoxy) is 4. The number of carbonyl (C=O) groups is 4. The van der Waals surface area contributed by atoms with Crippen molar-refractivity contribution in [2.45, 2.75) is 401 Å². The highest BCUT2D eigenvalue weighted by atomic mass is 31.2. The fraction of sp³-hybridized carbons (Fsp3) is 0.947. The van der Waals surface area contributed by atoms with E-state index in [0.29, 0.717) is 25.7 Å². The van der Waals surface area contributed by atoms with E-state index in [-0.39, 0.29) is 25.7 Å². The largest absolute Gasteiger partial charge is 0.472 e. The summed E-state index contributed by atoms with van der Waals surface area (Å²) in [6.45, 7) is 11.9. The van der Waals surface area contributed by atoms with E-state index >= 15 is 0 Å². The first kappa shape index (κ1) is 92.1. The molecule has 0 saturated carbocycles. The molecule has 0 aliphatic rings. The van der Waals surface area contributed by atoms with Crippen LogP contribution >= 0.6 is 15.6 Å². The van der Waals surface area contributed by atoms with Crippen LogP contribution in [0.5, 0.6) is 0 Å². The number of aliphatic hydroxyl groups is 1. The van der Waals surface area contributed by atoms with Crippen molar-refractivity contribution in [1.29, 1.82) is 0 Å². The minimum atomic E-state index is -4.96. The van der Waals surface area contributed by atoms with Crippen LogP contribution in [0.3, 0.4) is 0 Å². The summed E-state index contributed by atoms with van der Waals surface area (Å²) in [6, 6.07) is 0. The van der Waals surface area contributed by atoms with Crippen LogP contribution in [0.2, 0.25) is 0 Å². The quantitative estimate of drug-likeness (QED) is 0.0222. The lowest BCUT2D eigenvalue weighted by atomic mass is 9.99. The standard InChI is InChI=1S/C75H146O17P2/c1-8-10-11-12-32-42-49-56-72(77)85-62-70(92-75(80)59-52-45-38-31-30-35-41-48-55-68(7)9-2)64-89-93(81,82)87-60-69(76)61-88-94(83,84)90-65-71(63-86-73(78)57-50-43-36-28-24-21-17-19-23-27-34-40-47-54-67(5)6)91-74(79)58-51-44-37-29-25-20-16-14-13-15-18-22-26-33-39-46-53-66(3)4/h66-71,76H,8-65H2,1-7H3,(H,81,82)(H,83,84)/t68?,69-,70+,71+/m0/s1. The van der Waals surface area contributed by atoms with E-state index in [4.69, 9.17) is 37.0 Å². The number of aliphatic hydroxyl groups excluding tert-OH is 1. The molecular formula is C75H146O17P2. The molecule has 0 heterocycles. The minimum Gasteiger partial charge on any atom is -0.462 e. The van der Waals surface area contributed by atoms with Crippen LogP contribution in [0.1, 0.15) is 382 Å². The van der Waals surface area contributed by atoms with E-state index < -0.39 is 97.5 Å². The summed E-state index contributed by atoms with van der Waals surface area (Å²) in [4.78, 5) is 72.6. The predicted octanol–water partition coefficient (Wildman–Crippen LogP) is 21.8. The van der Waals surface area contributed by atoms with Gasteiger partial charge in [-0.1, -0.05) is 331 Å². The number of unbranched alkanes of at least 4 members (excludes halogenated alkanes) is 40. The van der Waals surface area contributed by atoms with E-state index in [9.17, 15) is 43.2 Å². The molecule has 0 radical (unpaired) electrons. The highest BCUT2D eigenvalue weighted by molar-refractivity contribution is 7.47. The molecule has 6 atom stereocenters. The Bertz CT molecular complexity index is 1840. The van der Waals surface area contributed by atoms with E-state index in [2.05, 4.69) is 48.5 Å². The van der Waals surface area contributed by atoms with Crippen LogP contribution < -0.4 is 0 Å². The lowest BCUT2D eigenvalue weighted by Gasteiger charge is -2.21. The molecule has 0 spiro atoms. The third-order valence-electron chi connectivity index (χ3n) is 17.7. The first-order valence-corrected chi connectivity index (χ1v) is 41.9. The molecule has 558 valence electrons. The second-order valence-electron chi connectivity index (χ2n) is 28.2. The predicted molar refractivity (Wildman–Crippen MR) is 381 cm³/mol. The average Bonchev–Trinajstić information content (AvgIpc) is 1.36. The molecule has 3 unspecified atom stereocenters. The maximum Gasteiger partial charge on any atom is 0.472 e. The van der Waals surface area contributed by atoms with Gasteiger partial charge in [0.1, 0.15) is 19.3 Å². The van der Waals surface area contributed by atoms with Gasteiger partial charge >= 0.3 is 39.5 Å². The van der Waals surface area contributed by atoms with Crippen LogP contribution in [0.25, 0.3) is 0 Å². The summed E-state index contributed by atoms with van der Waals surface area (Å²) >= 11 is 0. The van der Waals surface area contributed by atoms with Crippen molar-refractivity contribution in [3.8, 4) is 0 Å².